The van der Waals surface area contributed by atoms with Crippen LogP contribution >= 0.6 is 0 Å². The first-order valence-corrected chi connectivity index (χ1v) is 8.92. The van der Waals surface area contributed by atoms with Gasteiger partial charge >= 0.3 is 0 Å². The summed E-state index contributed by atoms with van der Waals surface area (Å²) >= 11 is 0. The average molecular weight is 336 g/mol. The number of nitrogens with zero attached hydrogens (tertiary/aromatic N) is 6. The third-order valence-electron chi connectivity index (χ3n) is 5.02. The van der Waals surface area contributed by atoms with E-state index in [0.29, 0.717) is 5.92 Å². The van der Waals surface area contributed by atoms with Crippen LogP contribution in [-0.2, 0) is 6.54 Å². The summed E-state index contributed by atoms with van der Waals surface area (Å²) in [5.41, 5.74) is 6.52. The van der Waals surface area contributed by atoms with E-state index in [9.17, 15) is 0 Å². The molecule has 0 saturated carbocycles. The molecule has 0 spiro atoms. The van der Waals surface area contributed by atoms with Crippen LogP contribution < -0.4 is 0 Å². The Morgan fingerprint density at radius 3 is 2.56 bits per heavy atom. The minimum Gasteiger partial charge on any atom is -0.299 e. The van der Waals surface area contributed by atoms with Crippen LogP contribution in [0.1, 0.15) is 47.1 Å². The van der Waals surface area contributed by atoms with Crippen molar-refractivity contribution >= 4 is 5.65 Å². The molecule has 1 aliphatic rings. The summed E-state index contributed by atoms with van der Waals surface area (Å²) in [5, 5.41) is 4.51. The summed E-state index contributed by atoms with van der Waals surface area (Å²) in [6.07, 6.45) is 7.97. The number of likely N-dealkylation sites (tertiary alicyclic amines) is 1. The Bertz CT molecular complexity index is 892. The number of aryl methyl sites for hydroxylation is 3. The van der Waals surface area contributed by atoms with E-state index in [0.717, 1.165) is 60.9 Å². The lowest BCUT2D eigenvalue weighted by Gasteiger charge is -2.31. The second-order valence-electron chi connectivity index (χ2n) is 7.08. The zero-order valence-corrected chi connectivity index (χ0v) is 15.1. The van der Waals surface area contributed by atoms with E-state index in [1.807, 2.05) is 37.0 Å². The maximum absolute atomic E-state index is 4.69. The van der Waals surface area contributed by atoms with Gasteiger partial charge < -0.3 is 0 Å². The Morgan fingerprint density at radius 2 is 1.80 bits per heavy atom. The van der Waals surface area contributed by atoms with Crippen LogP contribution in [0.3, 0.4) is 0 Å². The van der Waals surface area contributed by atoms with Gasteiger partial charge in [-0.1, -0.05) is 0 Å². The molecule has 3 aromatic rings. The van der Waals surface area contributed by atoms with Crippen LogP contribution in [0.4, 0.5) is 0 Å². The minimum atomic E-state index is 0.523. The fourth-order valence-electron chi connectivity index (χ4n) is 3.73. The summed E-state index contributed by atoms with van der Waals surface area (Å²) in [6, 6.07) is 2.07. The fraction of sp³-hybridized carbons (Fsp3) is 0.474. The summed E-state index contributed by atoms with van der Waals surface area (Å²) < 4.78 is 1.94. The third kappa shape index (κ3) is 3.26. The number of hydrogen-bond acceptors (Lipinski definition) is 5. The lowest BCUT2D eigenvalue weighted by atomic mass is 9.93. The predicted octanol–water partition coefficient (Wildman–Crippen LogP) is 2.82. The van der Waals surface area contributed by atoms with E-state index < -0.39 is 0 Å². The van der Waals surface area contributed by atoms with Crippen molar-refractivity contribution in [3.8, 4) is 0 Å². The third-order valence-corrected chi connectivity index (χ3v) is 5.02. The van der Waals surface area contributed by atoms with Crippen LogP contribution in [0.5, 0.6) is 0 Å². The summed E-state index contributed by atoms with van der Waals surface area (Å²) in [7, 11) is 0. The van der Waals surface area contributed by atoms with Gasteiger partial charge in [0.1, 0.15) is 0 Å². The Balaban J connectivity index is 1.45. The molecule has 0 amide bonds. The van der Waals surface area contributed by atoms with Gasteiger partial charge in [0.05, 0.1) is 17.6 Å². The van der Waals surface area contributed by atoms with Crippen molar-refractivity contribution in [3.63, 3.8) is 0 Å². The van der Waals surface area contributed by atoms with E-state index >= 15 is 0 Å². The molecule has 0 radical (unpaired) electrons. The largest absolute Gasteiger partial charge is 0.299 e. The van der Waals surface area contributed by atoms with Gasteiger partial charge in [-0.2, -0.15) is 5.10 Å². The average Bonchev–Trinajstić information content (AvgIpc) is 2.99. The molecule has 0 unspecified atom stereocenters. The topological polar surface area (TPSA) is 59.2 Å². The van der Waals surface area contributed by atoms with E-state index in [1.54, 1.807) is 0 Å². The molecule has 130 valence electrons. The van der Waals surface area contributed by atoms with Crippen molar-refractivity contribution in [2.24, 2.45) is 0 Å². The van der Waals surface area contributed by atoms with Crippen LogP contribution in [0.25, 0.3) is 5.65 Å². The first kappa shape index (κ1) is 16.1. The second kappa shape index (κ2) is 6.52. The highest BCUT2D eigenvalue weighted by Gasteiger charge is 2.23. The number of fused-ring (bicyclic) bond motifs is 1. The van der Waals surface area contributed by atoms with Gasteiger partial charge in [0, 0.05) is 41.8 Å². The molecular weight excluding hydrogens is 312 g/mol. The molecule has 6 heteroatoms. The molecule has 0 aromatic carbocycles. The number of rotatable bonds is 3. The molecule has 0 aliphatic carbocycles. The molecule has 1 fully saturated rings. The van der Waals surface area contributed by atoms with Crippen molar-refractivity contribution in [1.29, 1.82) is 0 Å². The maximum atomic E-state index is 4.69. The Kier molecular flexibility index (Phi) is 4.21. The molecule has 3 aromatic heterocycles. The van der Waals surface area contributed by atoms with Crippen LogP contribution in [0, 0.1) is 20.8 Å². The second-order valence-corrected chi connectivity index (χ2v) is 7.08. The lowest BCUT2D eigenvalue weighted by molar-refractivity contribution is 0.203. The van der Waals surface area contributed by atoms with Crippen molar-refractivity contribution in [2.75, 3.05) is 13.1 Å². The SMILES string of the molecule is Cc1cncc(C2CCN(Cc3cnn4c(C)cc(C)nc34)CC2)n1. The predicted molar refractivity (Wildman–Crippen MR) is 96.5 cm³/mol. The van der Waals surface area contributed by atoms with Gasteiger partial charge in [0.15, 0.2) is 5.65 Å². The number of piperidine rings is 1. The highest BCUT2D eigenvalue weighted by atomic mass is 15.3. The summed E-state index contributed by atoms with van der Waals surface area (Å²) in [5.74, 6) is 0.523. The normalized spacial score (nSPS) is 16.6. The van der Waals surface area contributed by atoms with Gasteiger partial charge in [0.2, 0.25) is 0 Å². The molecular formula is C19H24N6. The smallest absolute Gasteiger partial charge is 0.159 e. The van der Waals surface area contributed by atoms with E-state index in [4.69, 9.17) is 0 Å². The zero-order valence-electron chi connectivity index (χ0n) is 15.1. The summed E-state index contributed by atoms with van der Waals surface area (Å²) in [6.45, 7) is 9.18. The van der Waals surface area contributed by atoms with Gasteiger partial charge in [0.25, 0.3) is 0 Å². The fourth-order valence-corrected chi connectivity index (χ4v) is 3.73. The van der Waals surface area contributed by atoms with E-state index in [2.05, 4.69) is 37.9 Å². The molecule has 0 N–H and O–H groups in total. The summed E-state index contributed by atoms with van der Waals surface area (Å²) in [4.78, 5) is 16.1. The van der Waals surface area contributed by atoms with Crippen LogP contribution in [0.2, 0.25) is 0 Å². The Hall–Kier alpha value is -2.34. The molecule has 1 aliphatic heterocycles. The maximum Gasteiger partial charge on any atom is 0.159 e. The first-order chi connectivity index (χ1) is 12.1. The quantitative estimate of drug-likeness (QED) is 0.736. The highest BCUT2D eigenvalue weighted by molar-refractivity contribution is 5.47. The van der Waals surface area contributed by atoms with E-state index in [-0.39, 0.29) is 0 Å². The van der Waals surface area contributed by atoms with Gasteiger partial charge in [-0.25, -0.2) is 9.50 Å². The minimum absolute atomic E-state index is 0.523. The van der Waals surface area contributed by atoms with Crippen LogP contribution in [0.15, 0.2) is 24.7 Å². The number of hydrogen-bond donors (Lipinski definition) is 0. The van der Waals surface area contributed by atoms with Crippen molar-refractivity contribution < 1.29 is 0 Å². The molecule has 25 heavy (non-hydrogen) atoms. The van der Waals surface area contributed by atoms with E-state index in [1.165, 1.54) is 5.56 Å². The zero-order chi connectivity index (χ0) is 17.4. The van der Waals surface area contributed by atoms with Gasteiger partial charge in [-0.15, -0.1) is 0 Å². The number of aromatic nitrogens is 5. The van der Waals surface area contributed by atoms with Crippen LogP contribution in [-0.4, -0.2) is 42.6 Å². The molecule has 0 atom stereocenters. The highest BCUT2D eigenvalue weighted by Crippen LogP contribution is 2.27. The molecule has 4 rings (SSSR count). The molecule has 6 nitrogen and oxygen atoms in total. The van der Waals surface area contributed by atoms with Gasteiger partial charge in [-0.05, 0) is 52.8 Å². The monoisotopic (exact) mass is 336 g/mol. The van der Waals surface area contributed by atoms with Crippen molar-refractivity contribution in [3.05, 3.63) is 53.0 Å². The van der Waals surface area contributed by atoms with Crippen molar-refractivity contribution in [1.82, 2.24) is 29.5 Å². The molecule has 1 saturated heterocycles. The lowest BCUT2D eigenvalue weighted by Crippen LogP contribution is -2.32. The molecule has 4 heterocycles. The molecule has 0 bridgehead atoms. The Morgan fingerprint density at radius 1 is 1.00 bits per heavy atom. The Labute approximate surface area is 147 Å². The van der Waals surface area contributed by atoms with Crippen molar-refractivity contribution in [2.45, 2.75) is 46.1 Å². The first-order valence-electron chi connectivity index (χ1n) is 8.92. The standard InChI is InChI=1S/C19H24N6/c1-13-8-15(3)25-19(23-13)17(10-21-25)12-24-6-4-16(5-7-24)18-11-20-9-14(2)22-18/h8-11,16H,4-7,12H2,1-3H3. The van der Waals surface area contributed by atoms with Gasteiger partial charge in [-0.3, -0.25) is 14.9 Å².